The Morgan fingerprint density at radius 1 is 1.41 bits per heavy atom. The van der Waals surface area contributed by atoms with E-state index in [1.807, 2.05) is 35.8 Å². The number of carbonyl (C=O) groups excluding carboxylic acids is 1. The monoisotopic (exact) mass is 318 g/mol. The van der Waals surface area contributed by atoms with Gasteiger partial charge in [-0.05, 0) is 31.2 Å². The van der Waals surface area contributed by atoms with Gasteiger partial charge in [0.1, 0.15) is 11.6 Å². The summed E-state index contributed by atoms with van der Waals surface area (Å²) in [6.07, 6.45) is 1.65. The van der Waals surface area contributed by atoms with Gasteiger partial charge in [-0.25, -0.2) is 0 Å². The van der Waals surface area contributed by atoms with Crippen LogP contribution in [-0.2, 0) is 4.79 Å². The van der Waals surface area contributed by atoms with Crippen molar-refractivity contribution in [2.45, 2.75) is 12.1 Å². The molecule has 7 heteroatoms. The molecule has 0 saturated carbocycles. The Labute approximate surface area is 133 Å². The number of ether oxygens (including phenoxy) is 1. The first-order chi connectivity index (χ1) is 10.7. The molecule has 6 nitrogen and oxygen atoms in total. The van der Waals surface area contributed by atoms with Gasteiger partial charge in [0.05, 0.1) is 12.9 Å². The Morgan fingerprint density at radius 2 is 2.14 bits per heavy atom. The van der Waals surface area contributed by atoms with Crippen LogP contribution in [0.5, 0.6) is 5.75 Å². The van der Waals surface area contributed by atoms with Gasteiger partial charge < -0.3 is 10.1 Å². The second-order valence-corrected chi connectivity index (χ2v) is 5.39. The minimum atomic E-state index is -0.0631. The van der Waals surface area contributed by atoms with Crippen molar-refractivity contribution in [2.24, 2.45) is 0 Å². The molecule has 1 aromatic heterocycles. The highest BCUT2D eigenvalue weighted by molar-refractivity contribution is 7.99. The molecule has 1 aromatic carbocycles. The van der Waals surface area contributed by atoms with E-state index in [9.17, 15) is 4.79 Å². The molecule has 116 valence electrons. The molecule has 0 aliphatic heterocycles. The normalized spacial score (nSPS) is 10.3. The Bertz CT molecular complexity index is 652. The third-order valence-corrected chi connectivity index (χ3v) is 3.83. The standard InChI is InChI=1S/C15H18N4O2S/c1-4-9-16-14(20)10-22-15-18-17-11(2)19(15)12-5-7-13(21-3)8-6-12/h4-8H,1,9-10H2,2-3H3,(H,16,20). The van der Waals surface area contributed by atoms with E-state index in [-0.39, 0.29) is 11.7 Å². The predicted molar refractivity (Wildman–Crippen MR) is 86.6 cm³/mol. The van der Waals surface area contributed by atoms with Crippen molar-refractivity contribution < 1.29 is 9.53 Å². The van der Waals surface area contributed by atoms with Gasteiger partial charge in [0.2, 0.25) is 5.91 Å². The molecule has 0 saturated heterocycles. The zero-order chi connectivity index (χ0) is 15.9. The van der Waals surface area contributed by atoms with Crippen LogP contribution in [0.15, 0.2) is 42.1 Å². The summed E-state index contributed by atoms with van der Waals surface area (Å²) in [5.41, 5.74) is 0.928. The molecule has 0 aliphatic carbocycles. The molecule has 0 atom stereocenters. The van der Waals surface area contributed by atoms with Gasteiger partial charge >= 0.3 is 0 Å². The Morgan fingerprint density at radius 3 is 2.77 bits per heavy atom. The lowest BCUT2D eigenvalue weighted by Gasteiger charge is -2.09. The van der Waals surface area contributed by atoms with Crippen molar-refractivity contribution in [2.75, 3.05) is 19.4 Å². The third-order valence-electron chi connectivity index (χ3n) is 2.90. The Balaban J connectivity index is 2.13. The molecule has 0 bridgehead atoms. The molecule has 0 radical (unpaired) electrons. The summed E-state index contributed by atoms with van der Waals surface area (Å²) in [4.78, 5) is 11.7. The van der Waals surface area contributed by atoms with Crippen LogP contribution in [0.3, 0.4) is 0 Å². The number of thioether (sulfide) groups is 1. The summed E-state index contributed by atoms with van der Waals surface area (Å²) < 4.78 is 7.06. The van der Waals surface area contributed by atoms with Gasteiger partial charge in [-0.15, -0.1) is 16.8 Å². The number of aromatic nitrogens is 3. The maximum Gasteiger partial charge on any atom is 0.230 e. The summed E-state index contributed by atoms with van der Waals surface area (Å²) in [5, 5.41) is 11.6. The molecule has 1 heterocycles. The van der Waals surface area contributed by atoms with Crippen molar-refractivity contribution in [3.8, 4) is 11.4 Å². The van der Waals surface area contributed by atoms with Crippen molar-refractivity contribution in [1.82, 2.24) is 20.1 Å². The van der Waals surface area contributed by atoms with Crippen LogP contribution in [0.25, 0.3) is 5.69 Å². The van der Waals surface area contributed by atoms with E-state index in [1.165, 1.54) is 11.8 Å². The topological polar surface area (TPSA) is 69.0 Å². The largest absolute Gasteiger partial charge is 0.497 e. The zero-order valence-electron chi connectivity index (χ0n) is 12.6. The molecule has 2 rings (SSSR count). The zero-order valence-corrected chi connectivity index (χ0v) is 13.4. The fourth-order valence-electron chi connectivity index (χ4n) is 1.83. The Hall–Kier alpha value is -2.28. The molecule has 22 heavy (non-hydrogen) atoms. The fraction of sp³-hybridized carbons (Fsp3) is 0.267. The third kappa shape index (κ3) is 3.88. The van der Waals surface area contributed by atoms with E-state index in [0.717, 1.165) is 17.3 Å². The first kappa shape index (κ1) is 16.1. The van der Waals surface area contributed by atoms with E-state index in [1.54, 1.807) is 13.2 Å². The van der Waals surface area contributed by atoms with Gasteiger partial charge in [-0.2, -0.15) is 0 Å². The van der Waals surface area contributed by atoms with Gasteiger partial charge in [0, 0.05) is 12.2 Å². The lowest BCUT2D eigenvalue weighted by atomic mass is 10.3. The Kier molecular flexibility index (Phi) is 5.60. The SMILES string of the molecule is C=CCNC(=O)CSc1nnc(C)n1-c1ccc(OC)cc1. The summed E-state index contributed by atoms with van der Waals surface area (Å²) in [6.45, 7) is 5.90. The summed E-state index contributed by atoms with van der Waals surface area (Å²) in [7, 11) is 1.63. The van der Waals surface area contributed by atoms with Crippen LogP contribution in [0.4, 0.5) is 0 Å². The number of methoxy groups -OCH3 is 1. The molecule has 1 amide bonds. The van der Waals surface area contributed by atoms with Gasteiger partial charge in [-0.3, -0.25) is 9.36 Å². The molecule has 1 N–H and O–H groups in total. The number of nitrogens with zero attached hydrogens (tertiary/aromatic N) is 3. The van der Waals surface area contributed by atoms with Crippen molar-refractivity contribution in [3.05, 3.63) is 42.7 Å². The molecule has 0 fully saturated rings. The first-order valence-electron chi connectivity index (χ1n) is 6.72. The molecule has 0 spiro atoms. The molecule has 2 aromatic rings. The summed E-state index contributed by atoms with van der Waals surface area (Å²) >= 11 is 1.34. The van der Waals surface area contributed by atoms with Gasteiger partial charge in [0.15, 0.2) is 5.16 Å². The molecular weight excluding hydrogens is 300 g/mol. The second kappa shape index (κ2) is 7.65. The average molecular weight is 318 g/mol. The number of hydrogen-bond donors (Lipinski definition) is 1. The fourth-order valence-corrected chi connectivity index (χ4v) is 2.66. The second-order valence-electron chi connectivity index (χ2n) is 4.44. The van der Waals surface area contributed by atoms with E-state index in [2.05, 4.69) is 22.1 Å². The number of amides is 1. The van der Waals surface area contributed by atoms with Crippen LogP contribution in [0, 0.1) is 6.92 Å². The van der Waals surface area contributed by atoms with Gasteiger partial charge in [0.25, 0.3) is 0 Å². The number of benzene rings is 1. The van der Waals surface area contributed by atoms with E-state index in [0.29, 0.717) is 11.7 Å². The number of rotatable bonds is 7. The van der Waals surface area contributed by atoms with Crippen LogP contribution in [0.2, 0.25) is 0 Å². The van der Waals surface area contributed by atoms with Crippen molar-refractivity contribution in [3.63, 3.8) is 0 Å². The van der Waals surface area contributed by atoms with Crippen LogP contribution >= 0.6 is 11.8 Å². The predicted octanol–water partition coefficient (Wildman–Crippen LogP) is 1.98. The average Bonchev–Trinajstić information content (AvgIpc) is 2.91. The lowest BCUT2D eigenvalue weighted by Crippen LogP contribution is -2.25. The molecular formula is C15H18N4O2S. The smallest absolute Gasteiger partial charge is 0.230 e. The summed E-state index contributed by atoms with van der Waals surface area (Å²) in [5.74, 6) is 1.76. The van der Waals surface area contributed by atoms with E-state index in [4.69, 9.17) is 4.74 Å². The number of aryl methyl sites for hydroxylation is 1. The van der Waals surface area contributed by atoms with E-state index < -0.39 is 0 Å². The number of hydrogen-bond acceptors (Lipinski definition) is 5. The lowest BCUT2D eigenvalue weighted by molar-refractivity contribution is -0.118. The molecule has 0 aliphatic rings. The maximum atomic E-state index is 11.7. The number of carbonyl (C=O) groups is 1. The van der Waals surface area contributed by atoms with Crippen molar-refractivity contribution in [1.29, 1.82) is 0 Å². The maximum absolute atomic E-state index is 11.7. The highest BCUT2D eigenvalue weighted by atomic mass is 32.2. The van der Waals surface area contributed by atoms with Crippen LogP contribution < -0.4 is 10.1 Å². The molecule has 0 unspecified atom stereocenters. The minimum Gasteiger partial charge on any atom is -0.497 e. The van der Waals surface area contributed by atoms with Crippen LogP contribution in [-0.4, -0.2) is 40.1 Å². The first-order valence-corrected chi connectivity index (χ1v) is 7.71. The highest BCUT2D eigenvalue weighted by Gasteiger charge is 2.13. The van der Waals surface area contributed by atoms with E-state index >= 15 is 0 Å². The quantitative estimate of drug-likeness (QED) is 0.624. The highest BCUT2D eigenvalue weighted by Crippen LogP contribution is 2.23. The van der Waals surface area contributed by atoms with Gasteiger partial charge in [-0.1, -0.05) is 17.8 Å². The summed E-state index contributed by atoms with van der Waals surface area (Å²) in [6, 6.07) is 7.61. The van der Waals surface area contributed by atoms with Crippen LogP contribution in [0.1, 0.15) is 5.82 Å². The number of nitrogens with one attached hydrogen (secondary N) is 1. The van der Waals surface area contributed by atoms with Crippen molar-refractivity contribution >= 4 is 17.7 Å². The minimum absolute atomic E-state index is 0.0631.